The van der Waals surface area contributed by atoms with Crippen molar-refractivity contribution in [2.75, 3.05) is 7.11 Å². The lowest BCUT2D eigenvalue weighted by Crippen LogP contribution is -2.11. The lowest BCUT2D eigenvalue weighted by Gasteiger charge is -2.04. The molecule has 0 radical (unpaired) electrons. The van der Waals surface area contributed by atoms with Crippen LogP contribution in [0.3, 0.4) is 0 Å². The summed E-state index contributed by atoms with van der Waals surface area (Å²) in [5, 5.41) is 21.1. The fourth-order valence-electron chi connectivity index (χ4n) is 2.55. The minimum absolute atomic E-state index is 0.0180. The number of hydrogen-bond acceptors (Lipinski definition) is 7. The van der Waals surface area contributed by atoms with Crippen LogP contribution in [-0.4, -0.2) is 38.2 Å². The number of hydrogen-bond donors (Lipinski definition) is 1. The normalized spacial score (nSPS) is 12.1. The second kappa shape index (κ2) is 7.17. The Kier molecular flexibility index (Phi) is 4.66. The van der Waals surface area contributed by atoms with Crippen molar-refractivity contribution in [2.45, 2.75) is 6.18 Å². The second-order valence-electron chi connectivity index (χ2n) is 5.83. The lowest BCUT2D eigenvalue weighted by molar-refractivity contribution is -0.146. The predicted octanol–water partition coefficient (Wildman–Crippen LogP) is 4.34. The van der Waals surface area contributed by atoms with Crippen LogP contribution in [0.4, 0.5) is 18.9 Å². The van der Waals surface area contributed by atoms with Crippen LogP contribution in [0.2, 0.25) is 0 Å². The molecule has 11 heteroatoms. The number of rotatable bonds is 4. The maximum Gasteiger partial charge on any atom is 0.453 e. The molecule has 4 rings (SSSR count). The number of nitrogens with zero attached hydrogens (tertiary/aromatic N) is 5. The van der Waals surface area contributed by atoms with Crippen molar-refractivity contribution in [3.05, 3.63) is 53.9 Å². The molecule has 148 valence electrons. The van der Waals surface area contributed by atoms with Gasteiger partial charge in [-0.15, -0.1) is 10.2 Å². The minimum Gasteiger partial charge on any atom is -0.504 e. The average Bonchev–Trinajstić information content (AvgIpc) is 3.28. The fraction of sp³-hybridized carbons (Fsp3) is 0.111. The third kappa shape index (κ3) is 3.63. The number of aromatic hydroxyl groups is 1. The van der Waals surface area contributed by atoms with Crippen molar-refractivity contribution in [1.82, 2.24) is 19.8 Å². The molecule has 0 fully saturated rings. The highest BCUT2D eigenvalue weighted by molar-refractivity contribution is 7.19. The van der Waals surface area contributed by atoms with E-state index in [-0.39, 0.29) is 10.7 Å². The SMILES string of the molecule is COc1cccc(C=Nc2ccc(-c3nn4c(C(F)(F)F)nnc4s3)cc2)c1O. The van der Waals surface area contributed by atoms with Gasteiger partial charge in [0.05, 0.1) is 12.8 Å². The quantitative estimate of drug-likeness (QED) is 0.498. The first-order chi connectivity index (χ1) is 13.9. The highest BCUT2D eigenvalue weighted by atomic mass is 32.1. The van der Waals surface area contributed by atoms with Crippen LogP contribution in [0.1, 0.15) is 11.4 Å². The summed E-state index contributed by atoms with van der Waals surface area (Å²) in [4.78, 5) is 4.35. The molecule has 29 heavy (non-hydrogen) atoms. The number of aromatic nitrogens is 4. The van der Waals surface area contributed by atoms with Gasteiger partial charge in [0.25, 0.3) is 5.82 Å². The van der Waals surface area contributed by atoms with Gasteiger partial charge < -0.3 is 9.84 Å². The molecule has 4 aromatic rings. The summed E-state index contributed by atoms with van der Waals surface area (Å²) < 4.78 is 44.5. The summed E-state index contributed by atoms with van der Waals surface area (Å²) >= 11 is 1.00. The summed E-state index contributed by atoms with van der Waals surface area (Å²) in [7, 11) is 1.46. The molecule has 0 aliphatic heterocycles. The number of phenolic OH excluding ortho intramolecular Hbond substituents is 1. The Bertz CT molecular complexity index is 1200. The maximum absolute atomic E-state index is 12.9. The molecule has 2 aromatic carbocycles. The topological polar surface area (TPSA) is 84.9 Å². The number of phenols is 1. The zero-order chi connectivity index (χ0) is 20.6. The molecular formula is C18H12F3N5O2S. The van der Waals surface area contributed by atoms with Gasteiger partial charge in [0, 0.05) is 17.3 Å². The molecule has 2 heterocycles. The van der Waals surface area contributed by atoms with Crippen molar-refractivity contribution in [1.29, 1.82) is 0 Å². The van der Waals surface area contributed by atoms with E-state index in [0.29, 0.717) is 32.1 Å². The average molecular weight is 419 g/mol. The van der Waals surface area contributed by atoms with E-state index in [0.717, 1.165) is 11.3 Å². The third-order valence-corrected chi connectivity index (χ3v) is 4.91. The Balaban J connectivity index is 1.58. The zero-order valence-electron chi connectivity index (χ0n) is 14.8. The molecule has 0 saturated carbocycles. The van der Waals surface area contributed by atoms with Gasteiger partial charge in [-0.05, 0) is 36.4 Å². The van der Waals surface area contributed by atoms with Gasteiger partial charge in [-0.2, -0.15) is 22.8 Å². The Morgan fingerprint density at radius 3 is 2.59 bits per heavy atom. The fourth-order valence-corrected chi connectivity index (χ4v) is 3.40. The van der Waals surface area contributed by atoms with Crippen LogP contribution in [0.5, 0.6) is 11.5 Å². The van der Waals surface area contributed by atoms with Crippen molar-refractivity contribution in [3.8, 4) is 22.1 Å². The highest BCUT2D eigenvalue weighted by Gasteiger charge is 2.38. The van der Waals surface area contributed by atoms with Gasteiger partial charge in [0.15, 0.2) is 11.5 Å². The van der Waals surface area contributed by atoms with Gasteiger partial charge in [-0.1, -0.05) is 17.4 Å². The Hall–Kier alpha value is -3.47. The number of halogens is 3. The third-order valence-electron chi connectivity index (χ3n) is 3.96. The van der Waals surface area contributed by atoms with Crippen LogP contribution in [0.15, 0.2) is 47.5 Å². The Morgan fingerprint density at radius 2 is 1.90 bits per heavy atom. The second-order valence-corrected chi connectivity index (χ2v) is 6.78. The zero-order valence-corrected chi connectivity index (χ0v) is 15.6. The lowest BCUT2D eigenvalue weighted by atomic mass is 10.2. The monoisotopic (exact) mass is 419 g/mol. The first-order valence-electron chi connectivity index (χ1n) is 8.17. The molecule has 0 aliphatic carbocycles. The van der Waals surface area contributed by atoms with Gasteiger partial charge in [-0.3, -0.25) is 4.99 Å². The smallest absolute Gasteiger partial charge is 0.453 e. The van der Waals surface area contributed by atoms with E-state index < -0.39 is 12.0 Å². The van der Waals surface area contributed by atoms with Gasteiger partial charge >= 0.3 is 6.18 Å². The Morgan fingerprint density at radius 1 is 1.14 bits per heavy atom. The van der Waals surface area contributed by atoms with Gasteiger partial charge in [-0.25, -0.2) is 0 Å². The van der Waals surface area contributed by atoms with Gasteiger partial charge in [0.1, 0.15) is 5.01 Å². The highest BCUT2D eigenvalue weighted by Crippen LogP contribution is 2.32. The molecule has 0 unspecified atom stereocenters. The molecule has 0 spiro atoms. The molecule has 0 amide bonds. The van der Waals surface area contributed by atoms with Crippen LogP contribution in [0, 0.1) is 0 Å². The largest absolute Gasteiger partial charge is 0.504 e. The first-order valence-corrected chi connectivity index (χ1v) is 8.98. The summed E-state index contributed by atoms with van der Waals surface area (Å²) in [5.74, 6) is -0.837. The molecule has 0 bridgehead atoms. The number of ether oxygens (including phenoxy) is 1. The van der Waals surface area contributed by atoms with Crippen LogP contribution in [0.25, 0.3) is 15.5 Å². The molecular weight excluding hydrogens is 407 g/mol. The van der Waals surface area contributed by atoms with E-state index in [2.05, 4.69) is 20.3 Å². The molecule has 7 nitrogen and oxygen atoms in total. The van der Waals surface area contributed by atoms with Crippen molar-refractivity contribution in [2.24, 2.45) is 4.99 Å². The molecule has 0 atom stereocenters. The first kappa shape index (κ1) is 18.9. The molecule has 0 saturated heterocycles. The van der Waals surface area contributed by atoms with Crippen LogP contribution >= 0.6 is 11.3 Å². The summed E-state index contributed by atoms with van der Waals surface area (Å²) in [6.07, 6.45) is -3.14. The number of fused-ring (bicyclic) bond motifs is 1. The minimum atomic E-state index is -4.63. The van der Waals surface area contributed by atoms with Crippen molar-refractivity contribution < 1.29 is 23.0 Å². The molecule has 0 aliphatic rings. The number of methoxy groups -OCH3 is 1. The van der Waals surface area contributed by atoms with E-state index in [9.17, 15) is 18.3 Å². The van der Waals surface area contributed by atoms with E-state index in [1.807, 2.05) is 0 Å². The van der Waals surface area contributed by atoms with Crippen LogP contribution < -0.4 is 4.74 Å². The maximum atomic E-state index is 12.9. The number of alkyl halides is 3. The number of aliphatic imine (C=N–C) groups is 1. The summed E-state index contributed by atoms with van der Waals surface area (Å²) in [6.45, 7) is 0. The van der Waals surface area contributed by atoms with E-state index >= 15 is 0 Å². The molecule has 1 N–H and O–H groups in total. The number of benzene rings is 2. The van der Waals surface area contributed by atoms with E-state index in [1.54, 1.807) is 42.5 Å². The van der Waals surface area contributed by atoms with Crippen molar-refractivity contribution >= 4 is 28.2 Å². The molecule has 2 aromatic heterocycles. The standard InChI is InChI=1S/C18H12F3N5O2S/c1-28-13-4-2-3-11(14(13)27)9-22-12-7-5-10(6-8-12)15-25-26-16(18(19,20)21)23-24-17(26)29-15/h2-9,27H,1H3. The summed E-state index contributed by atoms with van der Waals surface area (Å²) in [6, 6.07) is 11.8. The summed E-state index contributed by atoms with van der Waals surface area (Å²) in [5.41, 5.74) is 1.70. The predicted molar refractivity (Wildman–Crippen MR) is 101 cm³/mol. The van der Waals surface area contributed by atoms with E-state index in [4.69, 9.17) is 4.74 Å². The number of para-hydroxylation sites is 1. The van der Waals surface area contributed by atoms with Gasteiger partial charge in [0.2, 0.25) is 4.96 Å². The van der Waals surface area contributed by atoms with E-state index in [1.165, 1.54) is 13.3 Å². The Labute approximate surface area is 165 Å². The van der Waals surface area contributed by atoms with Crippen LogP contribution in [-0.2, 0) is 6.18 Å². The van der Waals surface area contributed by atoms with Crippen molar-refractivity contribution in [3.63, 3.8) is 0 Å².